The summed E-state index contributed by atoms with van der Waals surface area (Å²) in [5, 5.41) is 3.40. The highest BCUT2D eigenvalue weighted by Crippen LogP contribution is 2.12. The maximum absolute atomic E-state index is 5.69. The third-order valence-electron chi connectivity index (χ3n) is 4.32. The van der Waals surface area contributed by atoms with Crippen LogP contribution in [0.4, 0.5) is 0 Å². The molecule has 6 heteroatoms. The molecule has 1 saturated heterocycles. The van der Waals surface area contributed by atoms with Crippen LogP contribution in [-0.4, -0.2) is 57.4 Å². The summed E-state index contributed by atoms with van der Waals surface area (Å²) in [5.74, 6) is 0.914. The van der Waals surface area contributed by atoms with Crippen LogP contribution in [0.3, 0.4) is 0 Å². The van der Waals surface area contributed by atoms with E-state index in [0.29, 0.717) is 6.10 Å². The Morgan fingerprint density at radius 1 is 1.40 bits per heavy atom. The van der Waals surface area contributed by atoms with Gasteiger partial charge in [0.25, 0.3) is 0 Å². The first-order valence-corrected chi connectivity index (χ1v) is 8.86. The van der Waals surface area contributed by atoms with Crippen molar-refractivity contribution in [1.29, 1.82) is 0 Å². The second-order valence-electron chi connectivity index (χ2n) is 6.32. The number of aryl methyl sites for hydroxylation is 1. The summed E-state index contributed by atoms with van der Waals surface area (Å²) in [5.41, 5.74) is 2.63. The number of halogens is 1. The average molecular weight is 461 g/mol. The predicted octanol–water partition coefficient (Wildman–Crippen LogP) is 3.21. The molecule has 0 aliphatic carbocycles. The number of aliphatic imine (C=N–C) groups is 1. The predicted molar refractivity (Wildman–Crippen MR) is 114 cm³/mol. The number of guanidine groups is 1. The van der Waals surface area contributed by atoms with Gasteiger partial charge >= 0.3 is 0 Å². The number of hydrogen-bond donors (Lipinski definition) is 1. The summed E-state index contributed by atoms with van der Waals surface area (Å²) in [7, 11) is 3.89. The molecule has 25 heavy (non-hydrogen) atoms. The normalized spacial score (nSPS) is 17.2. The van der Waals surface area contributed by atoms with Crippen molar-refractivity contribution in [2.45, 2.75) is 38.8 Å². The highest BCUT2D eigenvalue weighted by molar-refractivity contribution is 14.0. The molecule has 1 fully saturated rings. The van der Waals surface area contributed by atoms with Crippen LogP contribution in [0, 0.1) is 6.92 Å². The number of rotatable bonds is 8. The topological polar surface area (TPSA) is 46.1 Å². The van der Waals surface area contributed by atoms with Crippen LogP contribution in [0.1, 0.15) is 30.4 Å². The van der Waals surface area contributed by atoms with E-state index in [1.54, 1.807) is 0 Å². The number of nitrogens with zero attached hydrogens (tertiary/aromatic N) is 2. The second kappa shape index (κ2) is 12.5. The van der Waals surface area contributed by atoms with Gasteiger partial charge < -0.3 is 19.7 Å². The van der Waals surface area contributed by atoms with Crippen molar-refractivity contribution in [3.8, 4) is 0 Å². The van der Waals surface area contributed by atoms with Crippen LogP contribution in [0.25, 0.3) is 0 Å². The number of benzene rings is 1. The van der Waals surface area contributed by atoms with Gasteiger partial charge in [0.05, 0.1) is 12.7 Å². The first kappa shape index (κ1) is 22.2. The molecular formula is C19H32IN3O2. The third kappa shape index (κ3) is 7.92. The van der Waals surface area contributed by atoms with Gasteiger partial charge in [0.15, 0.2) is 5.96 Å². The number of hydrogen-bond acceptors (Lipinski definition) is 3. The molecule has 1 atom stereocenters. The lowest BCUT2D eigenvalue weighted by Crippen LogP contribution is -2.39. The fraction of sp³-hybridized carbons (Fsp3) is 0.632. The Bertz CT molecular complexity index is 519. The Labute approximate surface area is 169 Å². The van der Waals surface area contributed by atoms with Crippen LogP contribution in [0.2, 0.25) is 0 Å². The fourth-order valence-corrected chi connectivity index (χ4v) is 2.87. The van der Waals surface area contributed by atoms with Gasteiger partial charge in [-0.2, -0.15) is 0 Å². The zero-order chi connectivity index (χ0) is 17.2. The van der Waals surface area contributed by atoms with Crippen molar-refractivity contribution in [2.24, 2.45) is 4.99 Å². The average Bonchev–Trinajstić information content (AvgIpc) is 3.09. The molecular weight excluding hydrogens is 429 g/mol. The van der Waals surface area contributed by atoms with Gasteiger partial charge in [0, 0.05) is 40.4 Å². The molecule has 0 saturated carbocycles. The Morgan fingerprint density at radius 2 is 2.20 bits per heavy atom. The first-order chi connectivity index (χ1) is 11.7. The highest BCUT2D eigenvalue weighted by Gasteiger charge is 2.15. The van der Waals surface area contributed by atoms with E-state index >= 15 is 0 Å². The Kier molecular flexibility index (Phi) is 11.1. The van der Waals surface area contributed by atoms with Gasteiger partial charge in [0.1, 0.15) is 0 Å². The quantitative estimate of drug-likeness (QED) is 0.280. The number of nitrogens with one attached hydrogen (secondary N) is 1. The van der Waals surface area contributed by atoms with E-state index < -0.39 is 0 Å². The maximum Gasteiger partial charge on any atom is 0.193 e. The summed E-state index contributed by atoms with van der Waals surface area (Å²) in [6.07, 6.45) is 3.57. The van der Waals surface area contributed by atoms with E-state index in [4.69, 9.17) is 9.47 Å². The monoisotopic (exact) mass is 461 g/mol. The van der Waals surface area contributed by atoms with Gasteiger partial charge in [-0.3, -0.25) is 4.99 Å². The van der Waals surface area contributed by atoms with E-state index in [1.807, 2.05) is 7.05 Å². The molecule has 1 aromatic carbocycles. The molecule has 0 amide bonds. The van der Waals surface area contributed by atoms with Crippen molar-refractivity contribution < 1.29 is 9.47 Å². The molecule has 1 aliphatic rings. The largest absolute Gasteiger partial charge is 0.379 e. The molecule has 1 N–H and O–H groups in total. The van der Waals surface area contributed by atoms with Crippen molar-refractivity contribution in [2.75, 3.05) is 40.5 Å². The first-order valence-electron chi connectivity index (χ1n) is 8.86. The summed E-state index contributed by atoms with van der Waals surface area (Å²) in [6, 6.07) is 8.46. The third-order valence-corrected chi connectivity index (χ3v) is 4.32. The molecule has 1 aliphatic heterocycles. The van der Waals surface area contributed by atoms with Crippen molar-refractivity contribution in [3.05, 3.63) is 35.4 Å². The van der Waals surface area contributed by atoms with E-state index in [9.17, 15) is 0 Å². The van der Waals surface area contributed by atoms with E-state index in [1.165, 1.54) is 17.5 Å². The minimum Gasteiger partial charge on any atom is -0.379 e. The lowest BCUT2D eigenvalue weighted by molar-refractivity contribution is 0.0168. The van der Waals surface area contributed by atoms with E-state index in [2.05, 4.69) is 53.4 Å². The van der Waals surface area contributed by atoms with Crippen molar-refractivity contribution in [1.82, 2.24) is 10.2 Å². The van der Waals surface area contributed by atoms with Gasteiger partial charge in [0.2, 0.25) is 0 Å². The minimum atomic E-state index is 0. The lowest BCUT2D eigenvalue weighted by atomic mass is 10.1. The molecule has 1 aromatic rings. The second-order valence-corrected chi connectivity index (χ2v) is 6.32. The zero-order valence-electron chi connectivity index (χ0n) is 15.7. The van der Waals surface area contributed by atoms with Gasteiger partial charge in [-0.05, 0) is 37.3 Å². The van der Waals surface area contributed by atoms with Crippen LogP contribution < -0.4 is 5.32 Å². The molecule has 142 valence electrons. The van der Waals surface area contributed by atoms with E-state index in [0.717, 1.165) is 51.7 Å². The molecule has 0 aromatic heterocycles. The van der Waals surface area contributed by atoms with Crippen LogP contribution in [0.5, 0.6) is 0 Å². The lowest BCUT2D eigenvalue weighted by Gasteiger charge is -2.23. The molecule has 1 heterocycles. The van der Waals surface area contributed by atoms with Crippen LogP contribution >= 0.6 is 24.0 Å². The van der Waals surface area contributed by atoms with Crippen molar-refractivity contribution >= 4 is 29.9 Å². The zero-order valence-corrected chi connectivity index (χ0v) is 18.0. The summed E-state index contributed by atoms with van der Waals surface area (Å²) in [6.45, 7) is 6.22. The molecule has 5 nitrogen and oxygen atoms in total. The van der Waals surface area contributed by atoms with Gasteiger partial charge in [-0.25, -0.2) is 0 Å². The molecule has 0 radical (unpaired) electrons. The van der Waals surface area contributed by atoms with Gasteiger partial charge in [-0.1, -0.05) is 24.3 Å². The van der Waals surface area contributed by atoms with Crippen LogP contribution in [-0.2, 0) is 16.0 Å². The summed E-state index contributed by atoms with van der Waals surface area (Å²) >= 11 is 0. The molecule has 0 bridgehead atoms. The highest BCUT2D eigenvalue weighted by atomic mass is 127. The standard InChI is InChI=1S/C19H31N3O2.HI/c1-16-8-4-5-9-17(16)14-22(3)19(20-2)21-11-7-12-23-15-18-10-6-13-24-18;/h4-5,8-9,18H,6-7,10-15H2,1-3H3,(H,20,21);1H. The smallest absolute Gasteiger partial charge is 0.193 e. The maximum atomic E-state index is 5.69. The Morgan fingerprint density at radius 3 is 2.88 bits per heavy atom. The fourth-order valence-electron chi connectivity index (χ4n) is 2.87. The minimum absolute atomic E-state index is 0. The molecule has 1 unspecified atom stereocenters. The van der Waals surface area contributed by atoms with Crippen molar-refractivity contribution in [3.63, 3.8) is 0 Å². The Balaban J connectivity index is 0.00000312. The van der Waals surface area contributed by atoms with Crippen LogP contribution in [0.15, 0.2) is 29.3 Å². The Hall–Kier alpha value is -0.860. The summed E-state index contributed by atoms with van der Waals surface area (Å²) in [4.78, 5) is 6.51. The van der Waals surface area contributed by atoms with Gasteiger partial charge in [-0.15, -0.1) is 24.0 Å². The molecule has 2 rings (SSSR count). The summed E-state index contributed by atoms with van der Waals surface area (Å²) < 4.78 is 11.2. The van der Waals surface area contributed by atoms with E-state index in [-0.39, 0.29) is 24.0 Å². The number of ether oxygens (including phenoxy) is 2. The molecule has 0 spiro atoms. The SMILES string of the molecule is CN=C(NCCCOCC1CCCO1)N(C)Cc1ccccc1C.I.